The lowest BCUT2D eigenvalue weighted by Gasteiger charge is -2.07. The van der Waals surface area contributed by atoms with E-state index < -0.39 is 4.92 Å². The number of carbonyl (C=O) groups excluding carboxylic acids is 2. The Morgan fingerprint density at radius 3 is 2.74 bits per heavy atom. The first-order valence-electron chi connectivity index (χ1n) is 10.0. The van der Waals surface area contributed by atoms with Crippen molar-refractivity contribution in [3.8, 4) is 0 Å². The molecule has 1 aromatic heterocycles. The summed E-state index contributed by atoms with van der Waals surface area (Å²) < 4.78 is 1.67. The van der Waals surface area contributed by atoms with Gasteiger partial charge in [-0.15, -0.1) is 10.2 Å². The molecule has 0 saturated heterocycles. The largest absolute Gasteiger partial charge is 0.345 e. The predicted molar refractivity (Wildman–Crippen MR) is 131 cm³/mol. The number of hydrogen-bond acceptors (Lipinski definition) is 7. The third-order valence-electron chi connectivity index (χ3n) is 4.69. The van der Waals surface area contributed by atoms with Gasteiger partial charge in [-0.25, -0.2) is 0 Å². The summed E-state index contributed by atoms with van der Waals surface area (Å²) >= 11 is 7.22. The summed E-state index contributed by atoms with van der Waals surface area (Å²) in [6.07, 6.45) is 3.00. The lowest BCUT2D eigenvalue weighted by atomic mass is 10.2. The summed E-state index contributed by atoms with van der Waals surface area (Å²) in [7, 11) is 1.73. The molecule has 34 heavy (non-hydrogen) atoms. The number of amides is 2. The van der Waals surface area contributed by atoms with E-state index in [9.17, 15) is 19.7 Å². The molecule has 3 rings (SSSR count). The molecule has 12 heteroatoms. The van der Waals surface area contributed by atoms with Gasteiger partial charge in [0.05, 0.1) is 17.2 Å². The molecular weight excluding hydrogens is 480 g/mol. The van der Waals surface area contributed by atoms with Crippen molar-refractivity contribution in [2.75, 3.05) is 11.1 Å². The standard InChI is InChI=1S/C22H21ClN6O4S/c1-14-7-9-16(11-18(14)29(32)33)25-21(31)13-34-22-27-26-19(28(22)2)12-24-20(30)10-8-15-5-3-4-6-17(15)23/h3-11H,12-13H2,1-2H3,(H,24,30)(H,25,31)/b10-8+. The van der Waals surface area contributed by atoms with Crippen LogP contribution < -0.4 is 10.6 Å². The number of hydrogen-bond donors (Lipinski definition) is 2. The average molecular weight is 501 g/mol. The van der Waals surface area contributed by atoms with E-state index in [1.807, 2.05) is 12.1 Å². The average Bonchev–Trinajstić information content (AvgIpc) is 3.16. The second kappa shape index (κ2) is 11.4. The molecule has 0 fully saturated rings. The lowest BCUT2D eigenvalue weighted by Crippen LogP contribution is -2.22. The zero-order valence-corrected chi connectivity index (χ0v) is 19.9. The number of nitro benzene ring substituents is 1. The molecule has 2 amide bonds. The Morgan fingerprint density at radius 2 is 2.00 bits per heavy atom. The molecule has 0 aliphatic heterocycles. The molecular formula is C22H21ClN6O4S. The molecule has 0 spiro atoms. The van der Waals surface area contributed by atoms with Crippen LogP contribution in [-0.2, 0) is 23.2 Å². The maximum atomic E-state index is 12.3. The van der Waals surface area contributed by atoms with Crippen LogP contribution in [0.3, 0.4) is 0 Å². The number of thioether (sulfide) groups is 1. The van der Waals surface area contributed by atoms with Crippen LogP contribution in [0, 0.1) is 17.0 Å². The monoisotopic (exact) mass is 500 g/mol. The SMILES string of the molecule is Cc1ccc(NC(=O)CSc2nnc(CNC(=O)/C=C/c3ccccc3Cl)n2C)cc1[N+](=O)[O-]. The van der Waals surface area contributed by atoms with E-state index in [-0.39, 0.29) is 29.8 Å². The molecule has 1 heterocycles. The van der Waals surface area contributed by atoms with Gasteiger partial charge >= 0.3 is 0 Å². The highest BCUT2D eigenvalue weighted by Crippen LogP contribution is 2.23. The van der Waals surface area contributed by atoms with Crippen LogP contribution in [0.5, 0.6) is 0 Å². The Hall–Kier alpha value is -3.70. The number of halogens is 1. The van der Waals surface area contributed by atoms with Crippen LogP contribution in [-0.4, -0.2) is 37.3 Å². The molecule has 0 radical (unpaired) electrons. The van der Waals surface area contributed by atoms with Gasteiger partial charge in [-0.3, -0.25) is 19.7 Å². The minimum absolute atomic E-state index is 0.0284. The van der Waals surface area contributed by atoms with Gasteiger partial charge in [-0.1, -0.05) is 47.6 Å². The molecule has 0 aliphatic carbocycles. The van der Waals surface area contributed by atoms with Crippen molar-refractivity contribution >= 4 is 52.6 Å². The maximum absolute atomic E-state index is 12.3. The summed E-state index contributed by atoms with van der Waals surface area (Å²) in [4.78, 5) is 34.9. The van der Waals surface area contributed by atoms with Crippen molar-refractivity contribution in [3.05, 3.63) is 80.6 Å². The normalized spacial score (nSPS) is 10.9. The fourth-order valence-corrected chi connectivity index (χ4v) is 3.77. The van der Waals surface area contributed by atoms with Crippen LogP contribution >= 0.6 is 23.4 Å². The zero-order valence-electron chi connectivity index (χ0n) is 18.3. The minimum Gasteiger partial charge on any atom is -0.345 e. The number of nitro groups is 1. The smallest absolute Gasteiger partial charge is 0.274 e. The minimum atomic E-state index is -0.494. The van der Waals surface area contributed by atoms with Crippen molar-refractivity contribution in [2.24, 2.45) is 7.05 Å². The van der Waals surface area contributed by atoms with Gasteiger partial charge in [0, 0.05) is 35.5 Å². The van der Waals surface area contributed by atoms with Crippen molar-refractivity contribution in [1.82, 2.24) is 20.1 Å². The Morgan fingerprint density at radius 1 is 1.24 bits per heavy atom. The number of nitrogens with zero attached hydrogens (tertiary/aromatic N) is 4. The summed E-state index contributed by atoms with van der Waals surface area (Å²) in [5.41, 5.74) is 1.52. The third kappa shape index (κ3) is 6.65. The molecule has 0 bridgehead atoms. The Kier molecular flexibility index (Phi) is 8.39. The molecule has 0 unspecified atom stereocenters. The molecule has 0 saturated carbocycles. The van der Waals surface area contributed by atoms with Gasteiger partial charge in [0.15, 0.2) is 11.0 Å². The fourth-order valence-electron chi connectivity index (χ4n) is 2.84. The van der Waals surface area contributed by atoms with Gasteiger partial charge in [-0.2, -0.15) is 0 Å². The molecule has 2 N–H and O–H groups in total. The van der Waals surface area contributed by atoms with E-state index >= 15 is 0 Å². The number of anilines is 1. The first-order valence-corrected chi connectivity index (χ1v) is 11.4. The molecule has 3 aromatic rings. The molecule has 2 aromatic carbocycles. The quantitative estimate of drug-likeness (QED) is 0.198. The highest BCUT2D eigenvalue weighted by Gasteiger charge is 2.14. The second-order valence-corrected chi connectivity index (χ2v) is 8.48. The number of aryl methyl sites for hydroxylation is 1. The van der Waals surface area contributed by atoms with Crippen LogP contribution in [0.15, 0.2) is 53.7 Å². The van der Waals surface area contributed by atoms with E-state index in [2.05, 4.69) is 20.8 Å². The van der Waals surface area contributed by atoms with Crippen LogP contribution in [0.4, 0.5) is 11.4 Å². The van der Waals surface area contributed by atoms with Gasteiger partial charge < -0.3 is 15.2 Å². The Balaban J connectivity index is 1.51. The van der Waals surface area contributed by atoms with E-state index in [1.165, 1.54) is 12.1 Å². The van der Waals surface area contributed by atoms with Crippen LogP contribution in [0.25, 0.3) is 6.08 Å². The number of carbonyl (C=O) groups is 2. The molecule has 0 aliphatic rings. The summed E-state index contributed by atoms with van der Waals surface area (Å²) in [5, 5.41) is 25.5. The van der Waals surface area contributed by atoms with E-state index in [4.69, 9.17) is 11.6 Å². The lowest BCUT2D eigenvalue weighted by molar-refractivity contribution is -0.385. The summed E-state index contributed by atoms with van der Waals surface area (Å²) in [5.74, 6) is -0.119. The van der Waals surface area contributed by atoms with Gasteiger partial charge in [0.25, 0.3) is 5.69 Å². The summed E-state index contributed by atoms with van der Waals surface area (Å²) in [6, 6.07) is 11.7. The van der Waals surface area contributed by atoms with Crippen molar-refractivity contribution < 1.29 is 14.5 Å². The Labute approximate surface area is 204 Å². The van der Waals surface area contributed by atoms with E-state index in [0.717, 1.165) is 17.3 Å². The van der Waals surface area contributed by atoms with Crippen molar-refractivity contribution in [1.29, 1.82) is 0 Å². The van der Waals surface area contributed by atoms with E-state index in [1.54, 1.807) is 48.9 Å². The van der Waals surface area contributed by atoms with Gasteiger partial charge in [-0.05, 0) is 30.7 Å². The first kappa shape index (κ1) is 24.9. The third-order valence-corrected chi connectivity index (χ3v) is 6.05. The van der Waals surface area contributed by atoms with Crippen molar-refractivity contribution in [3.63, 3.8) is 0 Å². The molecule has 10 nitrogen and oxygen atoms in total. The Bertz CT molecular complexity index is 1260. The number of benzene rings is 2. The highest BCUT2D eigenvalue weighted by atomic mass is 35.5. The first-order chi connectivity index (χ1) is 16.2. The summed E-state index contributed by atoms with van der Waals surface area (Å²) in [6.45, 7) is 1.78. The molecule has 176 valence electrons. The molecule has 0 atom stereocenters. The number of aromatic nitrogens is 3. The number of rotatable bonds is 9. The fraction of sp³-hybridized carbons (Fsp3) is 0.182. The predicted octanol–water partition coefficient (Wildman–Crippen LogP) is 3.75. The zero-order chi connectivity index (χ0) is 24.7. The second-order valence-electron chi connectivity index (χ2n) is 7.13. The number of nitrogens with one attached hydrogen (secondary N) is 2. The van der Waals surface area contributed by atoms with Crippen LogP contribution in [0.2, 0.25) is 5.02 Å². The van der Waals surface area contributed by atoms with E-state index in [0.29, 0.717) is 27.3 Å². The van der Waals surface area contributed by atoms with Gasteiger partial charge in [0.2, 0.25) is 11.8 Å². The topological polar surface area (TPSA) is 132 Å². The maximum Gasteiger partial charge on any atom is 0.274 e. The van der Waals surface area contributed by atoms with Crippen LogP contribution in [0.1, 0.15) is 17.0 Å². The van der Waals surface area contributed by atoms with Gasteiger partial charge in [0.1, 0.15) is 0 Å². The van der Waals surface area contributed by atoms with Crippen molar-refractivity contribution in [2.45, 2.75) is 18.6 Å². The highest BCUT2D eigenvalue weighted by molar-refractivity contribution is 7.99.